The molecule has 6 heteroatoms. The van der Waals surface area contributed by atoms with Crippen molar-refractivity contribution in [1.29, 1.82) is 0 Å². The van der Waals surface area contributed by atoms with E-state index < -0.39 is 0 Å². The highest BCUT2D eigenvalue weighted by molar-refractivity contribution is 9.10. The number of benzene rings is 1. The summed E-state index contributed by atoms with van der Waals surface area (Å²) in [6.45, 7) is 1.17. The number of likely N-dealkylation sites (tertiary alicyclic amines) is 1. The number of nitrogen functional groups attached to an aromatic ring is 1. The van der Waals surface area contributed by atoms with Gasteiger partial charge in [-0.25, -0.2) is 0 Å². The second kappa shape index (κ2) is 6.26. The van der Waals surface area contributed by atoms with Gasteiger partial charge < -0.3 is 16.0 Å². The van der Waals surface area contributed by atoms with Crippen molar-refractivity contribution in [2.75, 3.05) is 25.9 Å². The summed E-state index contributed by atoms with van der Waals surface area (Å²) in [6.07, 6.45) is 1.39. The van der Waals surface area contributed by atoms with E-state index in [1.165, 1.54) is 0 Å². The number of carbonyl (C=O) groups is 2. The summed E-state index contributed by atoms with van der Waals surface area (Å²) in [5, 5.41) is 2.66. The first kappa shape index (κ1) is 14.8. The van der Waals surface area contributed by atoms with Gasteiger partial charge in [0, 0.05) is 36.2 Å². The molecule has 0 aromatic heterocycles. The van der Waals surface area contributed by atoms with Crippen molar-refractivity contribution in [3.05, 3.63) is 28.2 Å². The Balaban J connectivity index is 2.05. The minimum atomic E-state index is -0.0702. The van der Waals surface area contributed by atoms with E-state index >= 15 is 0 Å². The third kappa shape index (κ3) is 3.12. The van der Waals surface area contributed by atoms with Crippen molar-refractivity contribution in [2.24, 2.45) is 5.92 Å². The van der Waals surface area contributed by atoms with Crippen molar-refractivity contribution >= 4 is 33.4 Å². The molecule has 1 aliphatic rings. The molecular formula is C14H18BrN3O2. The Morgan fingerprint density at radius 2 is 2.00 bits per heavy atom. The third-order valence-corrected chi connectivity index (χ3v) is 4.14. The van der Waals surface area contributed by atoms with Gasteiger partial charge in [0.15, 0.2) is 0 Å². The van der Waals surface area contributed by atoms with E-state index in [-0.39, 0.29) is 17.7 Å². The van der Waals surface area contributed by atoms with Crippen molar-refractivity contribution in [2.45, 2.75) is 12.8 Å². The van der Waals surface area contributed by atoms with E-state index in [1.54, 1.807) is 24.1 Å². The molecule has 0 atom stereocenters. The van der Waals surface area contributed by atoms with Crippen LogP contribution in [0.15, 0.2) is 22.7 Å². The number of halogens is 1. The van der Waals surface area contributed by atoms with E-state index in [1.807, 2.05) is 6.07 Å². The number of hydrogen-bond acceptors (Lipinski definition) is 3. The summed E-state index contributed by atoms with van der Waals surface area (Å²) >= 11 is 3.35. The largest absolute Gasteiger partial charge is 0.398 e. The summed E-state index contributed by atoms with van der Waals surface area (Å²) in [5.74, 6) is -0.0119. The van der Waals surface area contributed by atoms with Crippen LogP contribution in [0.2, 0.25) is 0 Å². The summed E-state index contributed by atoms with van der Waals surface area (Å²) in [6, 6.07) is 5.26. The number of nitrogens with two attached hydrogens (primary N) is 1. The van der Waals surface area contributed by atoms with Gasteiger partial charge in [-0.15, -0.1) is 0 Å². The Morgan fingerprint density at radius 1 is 1.35 bits per heavy atom. The SMILES string of the molecule is CNC(=O)C1CCN(C(=O)c2cc(Br)ccc2N)CC1. The molecule has 0 radical (unpaired) electrons. The van der Waals surface area contributed by atoms with Crippen molar-refractivity contribution in [1.82, 2.24) is 10.2 Å². The number of piperidine rings is 1. The molecule has 2 rings (SSSR count). The Labute approximate surface area is 126 Å². The van der Waals surface area contributed by atoms with E-state index in [0.29, 0.717) is 37.2 Å². The molecule has 0 saturated carbocycles. The molecule has 3 N–H and O–H groups in total. The number of nitrogens with one attached hydrogen (secondary N) is 1. The van der Waals surface area contributed by atoms with Gasteiger partial charge in [-0.05, 0) is 31.0 Å². The second-order valence-corrected chi connectivity index (χ2v) is 5.83. The van der Waals surface area contributed by atoms with Gasteiger partial charge in [0.1, 0.15) is 0 Å². The molecule has 1 aromatic rings. The van der Waals surface area contributed by atoms with Gasteiger partial charge in [0.25, 0.3) is 5.91 Å². The van der Waals surface area contributed by atoms with Crippen LogP contribution >= 0.6 is 15.9 Å². The van der Waals surface area contributed by atoms with Gasteiger partial charge in [-0.2, -0.15) is 0 Å². The molecule has 2 amide bonds. The van der Waals surface area contributed by atoms with Gasteiger partial charge >= 0.3 is 0 Å². The fourth-order valence-electron chi connectivity index (χ4n) is 2.43. The Bertz CT molecular complexity index is 525. The molecule has 20 heavy (non-hydrogen) atoms. The average molecular weight is 340 g/mol. The van der Waals surface area contributed by atoms with Crippen LogP contribution in [-0.2, 0) is 4.79 Å². The van der Waals surface area contributed by atoms with Crippen LogP contribution in [0.3, 0.4) is 0 Å². The van der Waals surface area contributed by atoms with Crippen LogP contribution in [0, 0.1) is 5.92 Å². The quantitative estimate of drug-likeness (QED) is 0.804. The van der Waals surface area contributed by atoms with Gasteiger partial charge in [0.05, 0.1) is 5.56 Å². The Morgan fingerprint density at radius 3 is 2.60 bits per heavy atom. The number of rotatable bonds is 2. The Kier molecular flexibility index (Phi) is 4.65. The van der Waals surface area contributed by atoms with Gasteiger partial charge in [-0.1, -0.05) is 15.9 Å². The molecule has 0 spiro atoms. The molecular weight excluding hydrogens is 322 g/mol. The molecule has 5 nitrogen and oxygen atoms in total. The summed E-state index contributed by atoms with van der Waals surface area (Å²) in [5.41, 5.74) is 6.85. The Hall–Kier alpha value is -1.56. The van der Waals surface area contributed by atoms with Crippen LogP contribution < -0.4 is 11.1 Å². The molecule has 1 aromatic carbocycles. The first-order valence-electron chi connectivity index (χ1n) is 6.59. The molecule has 0 aliphatic carbocycles. The highest BCUT2D eigenvalue weighted by atomic mass is 79.9. The van der Waals surface area contributed by atoms with Crippen molar-refractivity contribution in [3.8, 4) is 0 Å². The number of carbonyl (C=O) groups excluding carboxylic acids is 2. The zero-order valence-electron chi connectivity index (χ0n) is 11.4. The lowest BCUT2D eigenvalue weighted by Gasteiger charge is -2.31. The number of hydrogen-bond donors (Lipinski definition) is 2. The third-order valence-electron chi connectivity index (χ3n) is 3.65. The van der Waals surface area contributed by atoms with Crippen LogP contribution in [0.1, 0.15) is 23.2 Å². The summed E-state index contributed by atoms with van der Waals surface area (Å²) in [7, 11) is 1.64. The predicted octanol–water partition coefficient (Wildman–Crippen LogP) is 1.63. The van der Waals surface area contributed by atoms with Crippen molar-refractivity contribution in [3.63, 3.8) is 0 Å². The maximum atomic E-state index is 12.4. The van der Waals surface area contributed by atoms with Crippen LogP contribution in [-0.4, -0.2) is 36.9 Å². The first-order chi connectivity index (χ1) is 9.52. The minimum absolute atomic E-state index is 0.00362. The molecule has 108 valence electrons. The van der Waals surface area contributed by atoms with Crippen LogP contribution in [0.25, 0.3) is 0 Å². The van der Waals surface area contributed by atoms with E-state index in [0.717, 1.165) is 4.47 Å². The average Bonchev–Trinajstić information content (AvgIpc) is 2.48. The highest BCUT2D eigenvalue weighted by Crippen LogP contribution is 2.23. The first-order valence-corrected chi connectivity index (χ1v) is 7.38. The normalized spacial score (nSPS) is 16.0. The predicted molar refractivity (Wildman–Crippen MR) is 81.2 cm³/mol. The fraction of sp³-hybridized carbons (Fsp3) is 0.429. The molecule has 0 bridgehead atoms. The molecule has 0 unspecified atom stereocenters. The molecule has 1 saturated heterocycles. The lowest BCUT2D eigenvalue weighted by atomic mass is 9.95. The maximum absolute atomic E-state index is 12.4. The number of anilines is 1. The lowest BCUT2D eigenvalue weighted by Crippen LogP contribution is -2.42. The van der Waals surface area contributed by atoms with E-state index in [9.17, 15) is 9.59 Å². The lowest BCUT2D eigenvalue weighted by molar-refractivity contribution is -0.125. The van der Waals surface area contributed by atoms with E-state index in [2.05, 4.69) is 21.2 Å². The van der Waals surface area contributed by atoms with Crippen LogP contribution in [0.5, 0.6) is 0 Å². The zero-order chi connectivity index (χ0) is 14.7. The van der Waals surface area contributed by atoms with E-state index in [4.69, 9.17) is 5.73 Å². The fourth-order valence-corrected chi connectivity index (χ4v) is 2.79. The van der Waals surface area contributed by atoms with Gasteiger partial charge in [-0.3, -0.25) is 9.59 Å². The zero-order valence-corrected chi connectivity index (χ0v) is 12.9. The smallest absolute Gasteiger partial charge is 0.255 e. The summed E-state index contributed by atoms with van der Waals surface area (Å²) < 4.78 is 0.829. The molecule has 1 fully saturated rings. The van der Waals surface area contributed by atoms with Gasteiger partial charge in [0.2, 0.25) is 5.91 Å². The maximum Gasteiger partial charge on any atom is 0.255 e. The van der Waals surface area contributed by atoms with Crippen LogP contribution in [0.4, 0.5) is 5.69 Å². The van der Waals surface area contributed by atoms with Crippen molar-refractivity contribution < 1.29 is 9.59 Å². The highest BCUT2D eigenvalue weighted by Gasteiger charge is 2.27. The number of nitrogens with zero attached hydrogens (tertiary/aromatic N) is 1. The monoisotopic (exact) mass is 339 g/mol. The minimum Gasteiger partial charge on any atom is -0.398 e. The molecule has 1 aliphatic heterocycles. The standard InChI is InChI=1S/C14H18BrN3O2/c1-17-13(19)9-4-6-18(7-5-9)14(20)11-8-10(15)2-3-12(11)16/h2-3,8-9H,4-7,16H2,1H3,(H,17,19). The summed E-state index contributed by atoms with van der Waals surface area (Å²) in [4.78, 5) is 25.8. The topological polar surface area (TPSA) is 75.4 Å². The second-order valence-electron chi connectivity index (χ2n) is 4.91. The number of amides is 2. The molecule has 1 heterocycles.